The molecule has 0 bridgehead atoms. The number of aryl methyl sites for hydroxylation is 1. The van der Waals surface area contributed by atoms with Gasteiger partial charge < -0.3 is 15.7 Å². The van der Waals surface area contributed by atoms with E-state index in [1.807, 2.05) is 12.4 Å². The Bertz CT molecular complexity index is 1330. The van der Waals surface area contributed by atoms with E-state index < -0.39 is 11.6 Å². The quantitative estimate of drug-likeness (QED) is 0.275. The normalized spacial score (nSPS) is 10.3. The van der Waals surface area contributed by atoms with Crippen molar-refractivity contribution in [2.75, 3.05) is 14.1 Å². The molecular formula is C31H35F2N3O2. The van der Waals surface area contributed by atoms with Crippen LogP contribution >= 0.6 is 0 Å². The minimum Gasteiger partial charge on any atom is -0.483 e. The molecule has 0 aliphatic heterocycles. The van der Waals surface area contributed by atoms with Crippen LogP contribution in [0.3, 0.4) is 0 Å². The van der Waals surface area contributed by atoms with Crippen molar-refractivity contribution in [1.29, 1.82) is 0 Å². The van der Waals surface area contributed by atoms with Gasteiger partial charge in [-0.3, -0.25) is 9.78 Å². The standard InChI is InChI=1S/C22H26N2.C8H7F2N.CH2O2/c1-4-6-17-11-18(13-19(12-17)16-24(2)3)14-21-8-5-7-20-9-10-23-15-22(20)21;1-5(11)8-6(9)3-2-4-7(8)10;2-1-3/h5,7-13,15H,4,6,14,16H2,1-3H3;2-4H,1,11H2;1H,(H,2,3). The van der Waals surface area contributed by atoms with Gasteiger partial charge in [-0.15, -0.1) is 0 Å². The van der Waals surface area contributed by atoms with Gasteiger partial charge in [-0.05, 0) is 72.8 Å². The van der Waals surface area contributed by atoms with Gasteiger partial charge in [0.15, 0.2) is 0 Å². The molecule has 0 aliphatic carbocycles. The van der Waals surface area contributed by atoms with Crippen LogP contribution in [0, 0.1) is 11.6 Å². The van der Waals surface area contributed by atoms with E-state index in [0.29, 0.717) is 0 Å². The van der Waals surface area contributed by atoms with Gasteiger partial charge in [0, 0.05) is 30.0 Å². The average molecular weight is 520 g/mol. The lowest BCUT2D eigenvalue weighted by Gasteiger charge is -2.14. The summed E-state index contributed by atoms with van der Waals surface area (Å²) in [6.45, 7) is 6.23. The number of aromatic nitrogens is 1. The van der Waals surface area contributed by atoms with Crippen molar-refractivity contribution in [2.24, 2.45) is 5.73 Å². The fourth-order valence-corrected chi connectivity index (χ4v) is 4.19. The van der Waals surface area contributed by atoms with E-state index in [-0.39, 0.29) is 17.7 Å². The van der Waals surface area contributed by atoms with Crippen molar-refractivity contribution in [3.05, 3.63) is 119 Å². The fraction of sp³-hybridized carbons (Fsp3) is 0.226. The molecule has 4 aromatic rings. The predicted octanol–water partition coefficient (Wildman–Crippen LogP) is 6.43. The summed E-state index contributed by atoms with van der Waals surface area (Å²) in [6.07, 6.45) is 7.14. The van der Waals surface area contributed by atoms with Gasteiger partial charge in [-0.25, -0.2) is 8.78 Å². The highest BCUT2D eigenvalue weighted by Gasteiger charge is 2.08. The maximum Gasteiger partial charge on any atom is 0.290 e. The molecule has 0 amide bonds. The number of pyridine rings is 1. The minimum absolute atomic E-state index is 0.0967. The molecule has 0 radical (unpaired) electrons. The second-order valence-electron chi connectivity index (χ2n) is 9.06. The Hall–Kier alpha value is -4.10. The molecule has 0 saturated heterocycles. The average Bonchev–Trinajstić information content (AvgIpc) is 2.85. The van der Waals surface area contributed by atoms with Crippen molar-refractivity contribution in [3.63, 3.8) is 0 Å². The van der Waals surface area contributed by atoms with Gasteiger partial charge in [0.25, 0.3) is 6.47 Å². The number of halogens is 2. The van der Waals surface area contributed by atoms with Crippen LogP contribution in [-0.4, -0.2) is 35.6 Å². The summed E-state index contributed by atoms with van der Waals surface area (Å²) >= 11 is 0. The lowest BCUT2D eigenvalue weighted by Crippen LogP contribution is -2.11. The molecule has 0 atom stereocenters. The van der Waals surface area contributed by atoms with Gasteiger partial charge in [0.05, 0.1) is 5.56 Å². The molecule has 1 aromatic heterocycles. The molecule has 0 fully saturated rings. The molecule has 38 heavy (non-hydrogen) atoms. The minimum atomic E-state index is -0.683. The van der Waals surface area contributed by atoms with Gasteiger partial charge >= 0.3 is 0 Å². The number of fused-ring (bicyclic) bond motifs is 1. The fourth-order valence-electron chi connectivity index (χ4n) is 4.19. The first-order chi connectivity index (χ1) is 18.2. The first-order valence-corrected chi connectivity index (χ1v) is 12.2. The third kappa shape index (κ3) is 9.09. The monoisotopic (exact) mass is 519 g/mol. The van der Waals surface area contributed by atoms with Gasteiger partial charge in [-0.2, -0.15) is 0 Å². The van der Waals surface area contributed by atoms with E-state index in [2.05, 4.69) is 79.9 Å². The molecular weight excluding hydrogens is 484 g/mol. The van der Waals surface area contributed by atoms with E-state index in [1.165, 1.54) is 45.5 Å². The molecule has 7 heteroatoms. The smallest absolute Gasteiger partial charge is 0.290 e. The highest BCUT2D eigenvalue weighted by molar-refractivity contribution is 5.85. The van der Waals surface area contributed by atoms with E-state index in [0.717, 1.165) is 31.5 Å². The molecule has 0 unspecified atom stereocenters. The Kier molecular flexibility index (Phi) is 12.1. The second kappa shape index (κ2) is 15.2. The Balaban J connectivity index is 0.000000302. The van der Waals surface area contributed by atoms with Crippen LogP contribution in [0.2, 0.25) is 0 Å². The van der Waals surface area contributed by atoms with Crippen LogP contribution in [0.25, 0.3) is 16.5 Å². The molecule has 200 valence electrons. The van der Waals surface area contributed by atoms with Crippen LogP contribution in [0.5, 0.6) is 0 Å². The number of hydrogen-bond donors (Lipinski definition) is 2. The number of nitrogens with two attached hydrogens (primary N) is 1. The van der Waals surface area contributed by atoms with Crippen LogP contribution < -0.4 is 5.73 Å². The molecule has 1 heterocycles. The maximum absolute atomic E-state index is 12.7. The summed E-state index contributed by atoms with van der Waals surface area (Å²) in [6, 6.07) is 19.2. The number of hydrogen-bond acceptors (Lipinski definition) is 4. The van der Waals surface area contributed by atoms with Gasteiger partial charge in [0.2, 0.25) is 0 Å². The lowest BCUT2D eigenvalue weighted by atomic mass is 9.95. The van der Waals surface area contributed by atoms with Crippen molar-refractivity contribution in [3.8, 4) is 0 Å². The third-order valence-electron chi connectivity index (χ3n) is 5.60. The molecule has 3 aromatic carbocycles. The summed E-state index contributed by atoms with van der Waals surface area (Å²) in [7, 11) is 4.26. The summed E-state index contributed by atoms with van der Waals surface area (Å²) in [5, 5.41) is 9.41. The van der Waals surface area contributed by atoms with Gasteiger partial charge in [0.1, 0.15) is 11.6 Å². The number of benzene rings is 3. The zero-order valence-corrected chi connectivity index (χ0v) is 22.1. The van der Waals surface area contributed by atoms with Crippen molar-refractivity contribution < 1.29 is 18.7 Å². The van der Waals surface area contributed by atoms with Crippen molar-refractivity contribution in [1.82, 2.24) is 9.88 Å². The van der Waals surface area contributed by atoms with Crippen LogP contribution in [-0.2, 0) is 24.2 Å². The van der Waals surface area contributed by atoms with E-state index in [1.54, 1.807) is 0 Å². The topological polar surface area (TPSA) is 79.5 Å². The summed E-state index contributed by atoms with van der Waals surface area (Å²) in [4.78, 5) is 14.9. The number of nitrogens with zero attached hydrogens (tertiary/aromatic N) is 2. The molecule has 0 aliphatic rings. The highest BCUT2D eigenvalue weighted by atomic mass is 19.1. The van der Waals surface area contributed by atoms with E-state index in [9.17, 15) is 8.78 Å². The van der Waals surface area contributed by atoms with Crippen molar-refractivity contribution >= 4 is 22.9 Å². The van der Waals surface area contributed by atoms with E-state index >= 15 is 0 Å². The molecule has 4 rings (SSSR count). The lowest BCUT2D eigenvalue weighted by molar-refractivity contribution is -0.122. The van der Waals surface area contributed by atoms with Crippen LogP contribution in [0.1, 0.15) is 41.2 Å². The summed E-state index contributed by atoms with van der Waals surface area (Å²) < 4.78 is 25.4. The SMILES string of the molecule is C=C(N)c1c(F)cccc1F.CCCc1cc(Cc2cccc3ccncc23)cc(CN(C)C)c1.O=CO. The highest BCUT2D eigenvalue weighted by Crippen LogP contribution is 2.22. The number of carbonyl (C=O) groups is 1. The Morgan fingerprint density at radius 3 is 2.21 bits per heavy atom. The first kappa shape index (κ1) is 30.1. The maximum atomic E-state index is 12.7. The number of carboxylic acid groups (broad SMARTS) is 1. The predicted molar refractivity (Wildman–Crippen MR) is 151 cm³/mol. The Morgan fingerprint density at radius 1 is 1.03 bits per heavy atom. The first-order valence-electron chi connectivity index (χ1n) is 12.2. The Labute approximate surface area is 223 Å². The van der Waals surface area contributed by atoms with Crippen LogP contribution in [0.15, 0.2) is 79.6 Å². The summed E-state index contributed by atoms with van der Waals surface area (Å²) in [5.41, 5.74) is 10.4. The molecule has 5 nitrogen and oxygen atoms in total. The van der Waals surface area contributed by atoms with E-state index in [4.69, 9.17) is 15.6 Å². The summed E-state index contributed by atoms with van der Waals surface area (Å²) in [5.74, 6) is -1.37. The molecule has 0 spiro atoms. The zero-order valence-electron chi connectivity index (χ0n) is 22.1. The zero-order chi connectivity index (χ0) is 28.1. The largest absolute Gasteiger partial charge is 0.483 e. The molecule has 0 saturated carbocycles. The Morgan fingerprint density at radius 2 is 1.63 bits per heavy atom. The van der Waals surface area contributed by atoms with Crippen molar-refractivity contribution in [2.45, 2.75) is 32.7 Å². The van der Waals surface area contributed by atoms with Crippen LogP contribution in [0.4, 0.5) is 8.78 Å². The molecule has 3 N–H and O–H groups in total. The van der Waals surface area contributed by atoms with Gasteiger partial charge in [-0.1, -0.05) is 62.4 Å². The number of rotatable bonds is 7. The second-order valence-corrected chi connectivity index (χ2v) is 9.06. The third-order valence-corrected chi connectivity index (χ3v) is 5.60.